The van der Waals surface area contributed by atoms with Crippen LogP contribution in [-0.4, -0.2) is 74.6 Å². The Balaban J connectivity index is 1.53. The maximum atomic E-state index is 12.1. The summed E-state index contributed by atoms with van der Waals surface area (Å²) in [4.78, 5) is 19.1. The molecule has 0 saturated carbocycles. The van der Waals surface area contributed by atoms with Crippen LogP contribution in [0.2, 0.25) is 5.02 Å². The van der Waals surface area contributed by atoms with E-state index >= 15 is 0 Å². The predicted octanol–water partition coefficient (Wildman–Crippen LogP) is 1.67. The number of piperidine rings is 1. The van der Waals surface area contributed by atoms with Gasteiger partial charge >= 0.3 is 0 Å². The van der Waals surface area contributed by atoms with Gasteiger partial charge in [-0.05, 0) is 38.1 Å². The van der Waals surface area contributed by atoms with Crippen molar-refractivity contribution in [1.29, 1.82) is 0 Å². The van der Waals surface area contributed by atoms with Crippen LogP contribution in [0.5, 0.6) is 0 Å². The van der Waals surface area contributed by atoms with E-state index in [0.717, 1.165) is 50.7 Å². The second kappa shape index (κ2) is 8.19. The van der Waals surface area contributed by atoms with Gasteiger partial charge in [0.25, 0.3) is 0 Å². The maximum absolute atomic E-state index is 12.1. The fourth-order valence-electron chi connectivity index (χ4n) is 3.76. The number of benzene rings is 1. The average Bonchev–Trinajstić information content (AvgIpc) is 2.62. The molecule has 0 bridgehead atoms. The molecule has 3 rings (SSSR count). The van der Waals surface area contributed by atoms with Crippen LogP contribution in [0.25, 0.3) is 0 Å². The Kier molecular flexibility index (Phi) is 5.98. The van der Waals surface area contributed by atoms with Gasteiger partial charge in [-0.1, -0.05) is 17.7 Å². The Hall–Kier alpha value is -1.30. The van der Waals surface area contributed by atoms with E-state index in [1.807, 2.05) is 30.1 Å². The summed E-state index contributed by atoms with van der Waals surface area (Å²) >= 11 is 6.11. The lowest BCUT2D eigenvalue weighted by Gasteiger charge is -2.44. The fraction of sp³-hybridized carbons (Fsp3) is 0.611. The summed E-state index contributed by atoms with van der Waals surface area (Å²) in [6, 6.07) is 8.59. The summed E-state index contributed by atoms with van der Waals surface area (Å²) in [5.74, 6) is 0.222. The minimum absolute atomic E-state index is 0.222. The van der Waals surface area contributed by atoms with Gasteiger partial charge in [0.05, 0.1) is 6.54 Å². The normalized spacial score (nSPS) is 22.7. The first-order valence-electron chi connectivity index (χ1n) is 8.84. The first kappa shape index (κ1) is 17.5. The summed E-state index contributed by atoms with van der Waals surface area (Å²) in [6.07, 6.45) is 2.30. The maximum Gasteiger partial charge on any atom is 0.236 e. The molecule has 0 aliphatic carbocycles. The van der Waals surface area contributed by atoms with Gasteiger partial charge in [-0.3, -0.25) is 9.69 Å². The number of amides is 1. The summed E-state index contributed by atoms with van der Waals surface area (Å²) < 4.78 is 0. The molecule has 1 aromatic rings. The highest BCUT2D eigenvalue weighted by atomic mass is 35.5. The lowest BCUT2D eigenvalue weighted by atomic mass is 10.0. The van der Waals surface area contributed by atoms with E-state index in [0.29, 0.717) is 12.6 Å². The number of carbonyl (C=O) groups excluding carboxylic acids is 1. The predicted molar refractivity (Wildman–Crippen MR) is 98.8 cm³/mol. The van der Waals surface area contributed by atoms with E-state index in [1.165, 1.54) is 12.1 Å². The van der Waals surface area contributed by atoms with E-state index in [9.17, 15) is 4.79 Å². The fourth-order valence-corrected chi connectivity index (χ4v) is 3.94. The third kappa shape index (κ3) is 4.21. The third-order valence-electron chi connectivity index (χ3n) is 5.08. The molecule has 1 atom stereocenters. The first-order valence-corrected chi connectivity index (χ1v) is 9.22. The number of piperazine rings is 1. The Morgan fingerprint density at radius 2 is 2.04 bits per heavy atom. The van der Waals surface area contributed by atoms with Crippen molar-refractivity contribution in [1.82, 2.24) is 15.1 Å². The van der Waals surface area contributed by atoms with Gasteiger partial charge < -0.3 is 15.1 Å². The second-order valence-electron chi connectivity index (χ2n) is 6.67. The van der Waals surface area contributed by atoms with Crippen LogP contribution < -0.4 is 10.2 Å². The molecule has 5 nitrogen and oxygen atoms in total. The number of nitrogens with zero attached hydrogens (tertiary/aromatic N) is 3. The van der Waals surface area contributed by atoms with Crippen molar-refractivity contribution in [3.05, 3.63) is 29.3 Å². The number of halogens is 1. The van der Waals surface area contributed by atoms with Crippen LogP contribution >= 0.6 is 11.6 Å². The third-order valence-corrected chi connectivity index (χ3v) is 5.32. The van der Waals surface area contributed by atoms with Gasteiger partial charge in [-0.25, -0.2) is 0 Å². The first-order chi connectivity index (χ1) is 11.7. The van der Waals surface area contributed by atoms with Crippen LogP contribution in [0.1, 0.15) is 12.8 Å². The standard InChI is InChI=1S/C18H27ClN4O/c1-20-13-18(24)23-7-3-6-17(14-23)22-10-8-21(9-11-22)16-5-2-4-15(19)12-16/h2,4-5,12,17,20H,3,6-11,13-14H2,1H3/t17-/m1/s1. The number of carbonyl (C=O) groups is 1. The molecule has 0 radical (unpaired) electrons. The minimum atomic E-state index is 0.222. The van der Waals surface area contributed by atoms with E-state index in [1.54, 1.807) is 0 Å². The van der Waals surface area contributed by atoms with Crippen molar-refractivity contribution in [2.75, 3.05) is 57.8 Å². The highest BCUT2D eigenvalue weighted by molar-refractivity contribution is 6.30. The highest BCUT2D eigenvalue weighted by Gasteiger charge is 2.29. The summed E-state index contributed by atoms with van der Waals surface area (Å²) in [6.45, 7) is 6.34. The highest BCUT2D eigenvalue weighted by Crippen LogP contribution is 2.23. The smallest absolute Gasteiger partial charge is 0.236 e. The Bertz CT molecular complexity index is 560. The topological polar surface area (TPSA) is 38.8 Å². The minimum Gasteiger partial charge on any atom is -0.369 e. The van der Waals surface area contributed by atoms with Crippen LogP contribution in [0.15, 0.2) is 24.3 Å². The second-order valence-corrected chi connectivity index (χ2v) is 7.11. The molecule has 2 heterocycles. The van der Waals surface area contributed by atoms with Gasteiger partial charge in [-0.15, -0.1) is 0 Å². The molecule has 2 aliphatic rings. The quantitative estimate of drug-likeness (QED) is 0.896. The molecule has 2 fully saturated rings. The lowest BCUT2D eigenvalue weighted by Crippen LogP contribution is -2.56. The van der Waals surface area contributed by atoms with E-state index in [2.05, 4.69) is 21.2 Å². The number of anilines is 1. The van der Waals surface area contributed by atoms with Crippen molar-refractivity contribution in [2.24, 2.45) is 0 Å². The van der Waals surface area contributed by atoms with Crippen LogP contribution in [-0.2, 0) is 4.79 Å². The SMILES string of the molecule is CNCC(=O)N1CCC[C@@H](N2CCN(c3cccc(Cl)c3)CC2)C1. The lowest BCUT2D eigenvalue weighted by molar-refractivity contribution is -0.132. The molecule has 132 valence electrons. The molecule has 0 spiro atoms. The number of hydrogen-bond acceptors (Lipinski definition) is 4. The molecule has 1 aromatic carbocycles. The largest absolute Gasteiger partial charge is 0.369 e. The molecule has 2 aliphatic heterocycles. The zero-order chi connectivity index (χ0) is 16.9. The van der Waals surface area contributed by atoms with E-state index in [-0.39, 0.29) is 5.91 Å². The summed E-state index contributed by atoms with van der Waals surface area (Å²) in [5.41, 5.74) is 1.21. The number of rotatable bonds is 4. The Morgan fingerprint density at radius 3 is 2.75 bits per heavy atom. The van der Waals surface area contributed by atoms with Crippen molar-refractivity contribution in [2.45, 2.75) is 18.9 Å². The average molecular weight is 351 g/mol. The van der Waals surface area contributed by atoms with Gasteiger partial charge in [0.2, 0.25) is 5.91 Å². The number of likely N-dealkylation sites (N-methyl/N-ethyl adjacent to an activating group) is 1. The van der Waals surface area contributed by atoms with Crippen molar-refractivity contribution in [3.63, 3.8) is 0 Å². The number of hydrogen-bond donors (Lipinski definition) is 1. The van der Waals surface area contributed by atoms with Gasteiger partial charge in [0.1, 0.15) is 0 Å². The summed E-state index contributed by atoms with van der Waals surface area (Å²) in [7, 11) is 1.83. The molecule has 1 N–H and O–H groups in total. The number of likely N-dealkylation sites (tertiary alicyclic amines) is 1. The monoisotopic (exact) mass is 350 g/mol. The zero-order valence-electron chi connectivity index (χ0n) is 14.4. The molecule has 1 amide bonds. The van der Waals surface area contributed by atoms with E-state index < -0.39 is 0 Å². The van der Waals surface area contributed by atoms with Gasteiger partial charge in [0, 0.05) is 56.0 Å². The molecular formula is C18H27ClN4O. The molecular weight excluding hydrogens is 324 g/mol. The molecule has 0 aromatic heterocycles. The van der Waals surface area contributed by atoms with Crippen molar-refractivity contribution in [3.8, 4) is 0 Å². The van der Waals surface area contributed by atoms with Gasteiger partial charge in [-0.2, -0.15) is 0 Å². The van der Waals surface area contributed by atoms with Crippen LogP contribution in [0.3, 0.4) is 0 Å². The van der Waals surface area contributed by atoms with Crippen LogP contribution in [0.4, 0.5) is 5.69 Å². The molecule has 24 heavy (non-hydrogen) atoms. The molecule has 6 heteroatoms. The van der Waals surface area contributed by atoms with E-state index in [4.69, 9.17) is 11.6 Å². The molecule has 0 unspecified atom stereocenters. The molecule has 2 saturated heterocycles. The van der Waals surface area contributed by atoms with Crippen molar-refractivity contribution >= 4 is 23.2 Å². The Morgan fingerprint density at radius 1 is 1.25 bits per heavy atom. The van der Waals surface area contributed by atoms with Crippen LogP contribution in [0, 0.1) is 0 Å². The van der Waals surface area contributed by atoms with Gasteiger partial charge in [0.15, 0.2) is 0 Å². The Labute approximate surface area is 149 Å². The number of nitrogens with one attached hydrogen (secondary N) is 1. The zero-order valence-corrected chi connectivity index (χ0v) is 15.1. The van der Waals surface area contributed by atoms with Crippen molar-refractivity contribution < 1.29 is 4.79 Å². The summed E-state index contributed by atoms with van der Waals surface area (Å²) in [5, 5.41) is 3.76.